The van der Waals surface area contributed by atoms with Gasteiger partial charge in [-0.05, 0) is 30.9 Å². The second-order valence-electron chi connectivity index (χ2n) is 8.39. The summed E-state index contributed by atoms with van der Waals surface area (Å²) in [5, 5.41) is 10.3. The molecule has 0 radical (unpaired) electrons. The van der Waals surface area contributed by atoms with Crippen LogP contribution >= 0.6 is 0 Å². The molecule has 3 aromatic rings. The van der Waals surface area contributed by atoms with Crippen molar-refractivity contribution in [2.45, 2.75) is 24.8 Å². The van der Waals surface area contributed by atoms with Crippen molar-refractivity contribution in [3.8, 4) is 6.07 Å². The third kappa shape index (κ3) is 3.72. The van der Waals surface area contributed by atoms with Crippen LogP contribution in [0.15, 0.2) is 48.9 Å². The van der Waals surface area contributed by atoms with Gasteiger partial charge in [0.05, 0.1) is 17.0 Å². The lowest BCUT2D eigenvalue weighted by molar-refractivity contribution is 0.248. The van der Waals surface area contributed by atoms with Crippen LogP contribution in [-0.2, 0) is 16.6 Å². The Morgan fingerprint density at radius 3 is 2.72 bits per heavy atom. The van der Waals surface area contributed by atoms with Gasteiger partial charge in [-0.1, -0.05) is 30.3 Å². The van der Waals surface area contributed by atoms with E-state index in [2.05, 4.69) is 19.9 Å². The summed E-state index contributed by atoms with van der Waals surface area (Å²) in [6.07, 6.45) is 5.56. The van der Waals surface area contributed by atoms with Gasteiger partial charge in [0, 0.05) is 32.4 Å². The molecule has 1 N–H and O–H groups in total. The molecule has 2 fully saturated rings. The molecule has 0 unspecified atom stereocenters. The number of nitriles is 1. The number of hydrogen-bond acceptors (Lipinski definition) is 6. The number of hydrogen-bond donors (Lipinski definition) is 1. The van der Waals surface area contributed by atoms with Gasteiger partial charge in [-0.15, -0.1) is 0 Å². The predicted octanol–water partition coefficient (Wildman–Crippen LogP) is 1.93. The van der Waals surface area contributed by atoms with Crippen molar-refractivity contribution in [2.24, 2.45) is 0 Å². The average Bonchev–Trinajstić information content (AvgIpc) is 3.37. The molecule has 32 heavy (non-hydrogen) atoms. The van der Waals surface area contributed by atoms with E-state index in [0.29, 0.717) is 26.1 Å². The Balaban J connectivity index is 1.36. The van der Waals surface area contributed by atoms with Crippen LogP contribution in [0, 0.1) is 11.3 Å². The van der Waals surface area contributed by atoms with Gasteiger partial charge in [0.25, 0.3) is 10.2 Å². The Hall–Kier alpha value is -3.00. The molecule has 1 spiro atoms. The summed E-state index contributed by atoms with van der Waals surface area (Å²) >= 11 is 0. The van der Waals surface area contributed by atoms with Crippen molar-refractivity contribution >= 4 is 27.1 Å². The molecule has 2 aromatic heterocycles. The Morgan fingerprint density at radius 1 is 1.16 bits per heavy atom. The molecule has 1 aliphatic heterocycles. The van der Waals surface area contributed by atoms with Crippen LogP contribution in [0.5, 0.6) is 0 Å². The smallest absolute Gasteiger partial charge is 0.283 e. The molecule has 2 aliphatic rings. The highest BCUT2D eigenvalue weighted by atomic mass is 32.2. The number of anilines is 1. The van der Waals surface area contributed by atoms with Gasteiger partial charge in [0.1, 0.15) is 24.3 Å². The first kappa shape index (κ1) is 20.9. The molecule has 1 aliphatic carbocycles. The molecule has 9 nitrogen and oxygen atoms in total. The van der Waals surface area contributed by atoms with E-state index in [1.807, 2.05) is 48.7 Å². The third-order valence-corrected chi connectivity index (χ3v) is 8.48. The number of piperazine rings is 1. The van der Waals surface area contributed by atoms with Crippen molar-refractivity contribution in [3.05, 3.63) is 54.5 Å². The van der Waals surface area contributed by atoms with Gasteiger partial charge in [0.15, 0.2) is 0 Å². The molecule has 5 rings (SSSR count). The van der Waals surface area contributed by atoms with E-state index in [9.17, 15) is 13.7 Å². The Kier molecular flexibility index (Phi) is 5.33. The lowest BCUT2D eigenvalue weighted by atomic mass is 10.1. The number of aromatic nitrogens is 3. The van der Waals surface area contributed by atoms with E-state index >= 15 is 0 Å². The van der Waals surface area contributed by atoms with Crippen LogP contribution in [0.25, 0.3) is 11.0 Å². The van der Waals surface area contributed by atoms with Gasteiger partial charge < -0.3 is 9.88 Å². The minimum absolute atomic E-state index is 0.151. The molecule has 0 bridgehead atoms. The molecule has 1 saturated heterocycles. The molecule has 3 heterocycles. The second-order valence-corrected chi connectivity index (χ2v) is 10.2. The molecular formula is C22H25N7O2S. The van der Waals surface area contributed by atoms with Crippen molar-refractivity contribution in [1.82, 2.24) is 23.6 Å². The van der Waals surface area contributed by atoms with E-state index < -0.39 is 15.7 Å². The summed E-state index contributed by atoms with van der Waals surface area (Å²) in [5.74, 6) is 0.831. The normalized spacial score (nSPS) is 18.3. The van der Waals surface area contributed by atoms with Crippen LogP contribution < -0.4 is 4.90 Å². The fourth-order valence-corrected chi connectivity index (χ4v) is 6.42. The zero-order chi connectivity index (χ0) is 22.2. The molecule has 0 atom stereocenters. The number of nitrogens with one attached hydrogen (secondary N) is 1. The zero-order valence-corrected chi connectivity index (χ0v) is 18.5. The lowest BCUT2D eigenvalue weighted by Crippen LogP contribution is -2.60. The van der Waals surface area contributed by atoms with Gasteiger partial charge in [-0.2, -0.15) is 22.3 Å². The average molecular weight is 452 g/mol. The summed E-state index contributed by atoms with van der Waals surface area (Å²) in [7, 11) is -3.76. The van der Waals surface area contributed by atoms with E-state index in [4.69, 9.17) is 0 Å². The number of rotatable bonds is 7. The third-order valence-electron chi connectivity index (χ3n) is 6.39. The van der Waals surface area contributed by atoms with E-state index in [1.165, 1.54) is 10.6 Å². The quantitative estimate of drug-likeness (QED) is 0.550. The first-order chi connectivity index (χ1) is 15.5. The van der Waals surface area contributed by atoms with Gasteiger partial charge in [0.2, 0.25) is 0 Å². The summed E-state index contributed by atoms with van der Waals surface area (Å²) in [6, 6.07) is 13.7. The molecule has 0 amide bonds. The van der Waals surface area contributed by atoms with E-state index in [1.54, 1.807) is 4.31 Å². The standard InChI is InChI=1S/C22H25N7O2S/c23-10-13-28(12-7-18-4-2-1-3-5-18)32(30,31)29-15-14-27(16-22(29)8-9-22)21-19-6-11-24-20(19)25-17-26-21/h1-6,11,17H,7-9,12-16H2,(H,24,25,26). The van der Waals surface area contributed by atoms with Crippen LogP contribution in [-0.4, -0.2) is 70.2 Å². The highest BCUT2D eigenvalue weighted by Crippen LogP contribution is 2.47. The van der Waals surface area contributed by atoms with Crippen molar-refractivity contribution in [1.29, 1.82) is 5.26 Å². The fourth-order valence-electron chi connectivity index (χ4n) is 4.56. The second kappa shape index (κ2) is 8.16. The SMILES string of the molecule is N#CCN(CCc1ccccc1)S(=O)(=O)N1CCN(c2ncnc3[nH]ccc23)CC12CC2. The first-order valence-corrected chi connectivity index (χ1v) is 12.2. The van der Waals surface area contributed by atoms with Crippen molar-refractivity contribution < 1.29 is 8.42 Å². The Bertz CT molecular complexity index is 1250. The fraction of sp³-hybridized carbons (Fsp3) is 0.409. The molecule has 166 valence electrons. The topological polar surface area (TPSA) is 109 Å². The van der Waals surface area contributed by atoms with Gasteiger partial charge in [-0.25, -0.2) is 9.97 Å². The number of aromatic amines is 1. The van der Waals surface area contributed by atoms with Crippen LogP contribution in [0.4, 0.5) is 5.82 Å². The maximum absolute atomic E-state index is 13.6. The number of benzene rings is 1. The summed E-state index contributed by atoms with van der Waals surface area (Å²) in [5.41, 5.74) is 1.39. The van der Waals surface area contributed by atoms with Crippen LogP contribution in [0.3, 0.4) is 0 Å². The molecular weight excluding hydrogens is 426 g/mol. The lowest BCUT2D eigenvalue weighted by Gasteiger charge is -2.43. The number of H-pyrrole nitrogens is 1. The number of fused-ring (bicyclic) bond motifs is 1. The molecule has 10 heteroatoms. The highest BCUT2D eigenvalue weighted by Gasteiger charge is 2.57. The monoisotopic (exact) mass is 451 g/mol. The van der Waals surface area contributed by atoms with Gasteiger partial charge >= 0.3 is 0 Å². The largest absolute Gasteiger partial charge is 0.353 e. The van der Waals surface area contributed by atoms with Gasteiger partial charge in [-0.3, -0.25) is 0 Å². The van der Waals surface area contributed by atoms with Crippen LogP contribution in [0.2, 0.25) is 0 Å². The Morgan fingerprint density at radius 2 is 1.97 bits per heavy atom. The zero-order valence-electron chi connectivity index (χ0n) is 17.7. The van der Waals surface area contributed by atoms with Crippen molar-refractivity contribution in [3.63, 3.8) is 0 Å². The minimum atomic E-state index is -3.76. The van der Waals surface area contributed by atoms with E-state index in [0.717, 1.165) is 35.3 Å². The highest BCUT2D eigenvalue weighted by molar-refractivity contribution is 7.86. The first-order valence-electron chi connectivity index (χ1n) is 10.8. The molecule has 1 aromatic carbocycles. The Labute approximate surface area is 187 Å². The summed E-state index contributed by atoms with van der Waals surface area (Å²) in [4.78, 5) is 14.0. The number of nitrogens with zero attached hydrogens (tertiary/aromatic N) is 6. The molecule has 1 saturated carbocycles. The summed E-state index contributed by atoms with van der Waals surface area (Å²) < 4.78 is 30.2. The maximum atomic E-state index is 13.6. The van der Waals surface area contributed by atoms with Crippen molar-refractivity contribution in [2.75, 3.05) is 37.6 Å². The van der Waals surface area contributed by atoms with Crippen LogP contribution in [0.1, 0.15) is 18.4 Å². The van der Waals surface area contributed by atoms with E-state index in [-0.39, 0.29) is 13.1 Å². The summed E-state index contributed by atoms with van der Waals surface area (Å²) in [6.45, 7) is 1.62. The predicted molar refractivity (Wildman–Crippen MR) is 121 cm³/mol. The minimum Gasteiger partial charge on any atom is -0.353 e. The maximum Gasteiger partial charge on any atom is 0.283 e.